The molecule has 0 aliphatic carbocycles. The first-order valence-corrected chi connectivity index (χ1v) is 4.63. The zero-order chi connectivity index (χ0) is 8.97. The van der Waals surface area contributed by atoms with Crippen molar-refractivity contribution in [2.75, 3.05) is 11.1 Å². The summed E-state index contributed by atoms with van der Waals surface area (Å²) in [7, 11) is 0. The third-order valence-corrected chi connectivity index (χ3v) is 1.81. The van der Waals surface area contributed by atoms with Crippen LogP contribution >= 0.6 is 15.9 Å². The Balaban J connectivity index is 2.94. The SMILES string of the molecule is Nc1cc(F)ccc1C=CCBr. The van der Waals surface area contributed by atoms with Gasteiger partial charge in [-0.3, -0.25) is 0 Å². The van der Waals surface area contributed by atoms with Crippen LogP contribution in [-0.4, -0.2) is 5.33 Å². The largest absolute Gasteiger partial charge is 0.398 e. The van der Waals surface area contributed by atoms with Crippen LogP contribution in [0.3, 0.4) is 0 Å². The zero-order valence-electron chi connectivity index (χ0n) is 6.43. The van der Waals surface area contributed by atoms with Gasteiger partial charge in [0.1, 0.15) is 5.82 Å². The lowest BCUT2D eigenvalue weighted by molar-refractivity contribution is 0.628. The fraction of sp³-hybridized carbons (Fsp3) is 0.111. The maximum Gasteiger partial charge on any atom is 0.125 e. The van der Waals surface area contributed by atoms with Crippen LogP contribution in [0.25, 0.3) is 6.08 Å². The van der Waals surface area contributed by atoms with Gasteiger partial charge >= 0.3 is 0 Å². The van der Waals surface area contributed by atoms with E-state index in [0.717, 1.165) is 10.9 Å². The summed E-state index contributed by atoms with van der Waals surface area (Å²) in [4.78, 5) is 0. The average molecular weight is 230 g/mol. The van der Waals surface area contributed by atoms with Crippen molar-refractivity contribution in [3.8, 4) is 0 Å². The molecule has 0 heterocycles. The predicted octanol–water partition coefficient (Wildman–Crippen LogP) is 2.82. The van der Waals surface area contributed by atoms with Gasteiger partial charge in [0, 0.05) is 11.0 Å². The minimum Gasteiger partial charge on any atom is -0.398 e. The zero-order valence-corrected chi connectivity index (χ0v) is 8.01. The molecule has 64 valence electrons. The number of allylic oxidation sites excluding steroid dienone is 1. The first-order chi connectivity index (χ1) is 5.74. The van der Waals surface area contributed by atoms with Crippen LogP contribution < -0.4 is 5.73 Å². The fourth-order valence-electron chi connectivity index (χ4n) is 0.869. The summed E-state index contributed by atoms with van der Waals surface area (Å²) in [6, 6.07) is 4.36. The van der Waals surface area contributed by atoms with Crippen LogP contribution in [0, 0.1) is 5.82 Å². The molecule has 2 N–H and O–H groups in total. The minimum atomic E-state index is -0.302. The quantitative estimate of drug-likeness (QED) is 0.613. The summed E-state index contributed by atoms with van der Waals surface area (Å²) in [6.07, 6.45) is 3.76. The van der Waals surface area contributed by atoms with Gasteiger partial charge in [0.2, 0.25) is 0 Å². The summed E-state index contributed by atoms with van der Waals surface area (Å²) in [5, 5.41) is 0.768. The van der Waals surface area contributed by atoms with Crippen molar-refractivity contribution in [2.45, 2.75) is 0 Å². The Hall–Kier alpha value is -0.830. The lowest BCUT2D eigenvalue weighted by Crippen LogP contribution is -1.89. The molecule has 12 heavy (non-hydrogen) atoms. The topological polar surface area (TPSA) is 26.0 Å². The Labute approximate surface area is 79.2 Å². The minimum absolute atomic E-state index is 0.302. The Kier molecular flexibility index (Phi) is 3.29. The molecule has 0 aliphatic heterocycles. The molecule has 0 aliphatic rings. The Morgan fingerprint density at radius 2 is 2.25 bits per heavy atom. The van der Waals surface area contributed by atoms with Gasteiger partial charge in [-0.1, -0.05) is 34.1 Å². The van der Waals surface area contributed by atoms with Crippen molar-refractivity contribution in [1.29, 1.82) is 0 Å². The highest BCUT2D eigenvalue weighted by Gasteiger charge is 1.95. The third kappa shape index (κ3) is 2.34. The summed E-state index contributed by atoms with van der Waals surface area (Å²) in [6.45, 7) is 0. The van der Waals surface area contributed by atoms with Gasteiger partial charge in [-0.15, -0.1) is 0 Å². The molecule has 0 aromatic heterocycles. The molecule has 1 aromatic carbocycles. The van der Waals surface area contributed by atoms with Gasteiger partial charge in [0.25, 0.3) is 0 Å². The molecule has 0 saturated carbocycles. The van der Waals surface area contributed by atoms with Gasteiger partial charge in [-0.2, -0.15) is 0 Å². The van der Waals surface area contributed by atoms with Crippen molar-refractivity contribution in [3.63, 3.8) is 0 Å². The van der Waals surface area contributed by atoms with Crippen LogP contribution in [0.15, 0.2) is 24.3 Å². The van der Waals surface area contributed by atoms with Gasteiger partial charge in [-0.25, -0.2) is 4.39 Å². The van der Waals surface area contributed by atoms with E-state index in [1.54, 1.807) is 6.07 Å². The molecule has 0 amide bonds. The molecule has 0 fully saturated rings. The van der Waals surface area contributed by atoms with Gasteiger partial charge in [-0.05, 0) is 17.7 Å². The number of hydrogen-bond donors (Lipinski definition) is 1. The Morgan fingerprint density at radius 1 is 1.50 bits per heavy atom. The highest BCUT2D eigenvalue weighted by molar-refractivity contribution is 9.09. The van der Waals surface area contributed by atoms with Gasteiger partial charge < -0.3 is 5.73 Å². The number of hydrogen-bond acceptors (Lipinski definition) is 1. The molecule has 0 bridgehead atoms. The molecule has 0 atom stereocenters. The fourth-order valence-corrected chi connectivity index (χ4v) is 1.06. The molecule has 0 spiro atoms. The number of nitrogen functional groups attached to an aromatic ring is 1. The third-order valence-electron chi connectivity index (χ3n) is 1.44. The number of alkyl halides is 1. The van der Waals surface area contributed by atoms with Crippen LogP contribution in [0.1, 0.15) is 5.56 Å². The van der Waals surface area contributed by atoms with E-state index in [2.05, 4.69) is 15.9 Å². The van der Waals surface area contributed by atoms with Crippen molar-refractivity contribution in [2.24, 2.45) is 0 Å². The molecule has 0 saturated heterocycles. The lowest BCUT2D eigenvalue weighted by Gasteiger charge is -1.98. The molecule has 0 unspecified atom stereocenters. The van der Waals surface area contributed by atoms with Crippen LogP contribution in [0.5, 0.6) is 0 Å². The normalized spacial score (nSPS) is 10.8. The van der Waals surface area contributed by atoms with Crippen molar-refractivity contribution in [1.82, 2.24) is 0 Å². The highest BCUT2D eigenvalue weighted by atomic mass is 79.9. The highest BCUT2D eigenvalue weighted by Crippen LogP contribution is 2.14. The Morgan fingerprint density at radius 3 is 2.83 bits per heavy atom. The van der Waals surface area contributed by atoms with Crippen LogP contribution in [-0.2, 0) is 0 Å². The van der Waals surface area contributed by atoms with E-state index in [9.17, 15) is 4.39 Å². The second-order valence-corrected chi connectivity index (χ2v) is 2.98. The average Bonchev–Trinajstić information content (AvgIpc) is 2.03. The van der Waals surface area contributed by atoms with E-state index in [1.165, 1.54) is 12.1 Å². The second-order valence-electron chi connectivity index (χ2n) is 2.33. The van der Waals surface area contributed by atoms with E-state index in [4.69, 9.17) is 5.73 Å². The maximum atomic E-state index is 12.6. The van der Waals surface area contributed by atoms with Crippen LogP contribution in [0.2, 0.25) is 0 Å². The molecule has 1 rings (SSSR count). The number of nitrogens with two attached hydrogens (primary N) is 1. The summed E-state index contributed by atoms with van der Waals surface area (Å²) >= 11 is 3.24. The van der Waals surface area contributed by atoms with E-state index in [0.29, 0.717) is 5.69 Å². The van der Waals surface area contributed by atoms with E-state index >= 15 is 0 Å². The molecule has 3 heteroatoms. The number of anilines is 1. The Bertz CT molecular complexity index is 297. The number of halogens is 2. The van der Waals surface area contributed by atoms with Gasteiger partial charge in [0.05, 0.1) is 0 Å². The number of rotatable bonds is 2. The monoisotopic (exact) mass is 229 g/mol. The van der Waals surface area contributed by atoms with E-state index < -0.39 is 0 Å². The molecule has 1 nitrogen and oxygen atoms in total. The molecule has 1 aromatic rings. The first-order valence-electron chi connectivity index (χ1n) is 3.51. The van der Waals surface area contributed by atoms with E-state index in [-0.39, 0.29) is 5.82 Å². The van der Waals surface area contributed by atoms with Gasteiger partial charge in [0.15, 0.2) is 0 Å². The smallest absolute Gasteiger partial charge is 0.125 e. The summed E-state index contributed by atoms with van der Waals surface area (Å²) < 4.78 is 12.6. The summed E-state index contributed by atoms with van der Waals surface area (Å²) in [5.41, 5.74) is 6.86. The van der Waals surface area contributed by atoms with E-state index in [1.807, 2.05) is 12.2 Å². The summed E-state index contributed by atoms with van der Waals surface area (Å²) in [5.74, 6) is -0.302. The maximum absolute atomic E-state index is 12.6. The first kappa shape index (κ1) is 9.26. The molecular weight excluding hydrogens is 221 g/mol. The standard InChI is InChI=1S/C9H9BrFN/c10-5-1-2-7-3-4-8(11)6-9(7)12/h1-4,6H,5,12H2. The predicted molar refractivity (Wildman–Crippen MR) is 53.6 cm³/mol. The van der Waals surface area contributed by atoms with Crippen molar-refractivity contribution in [3.05, 3.63) is 35.7 Å². The van der Waals surface area contributed by atoms with Crippen molar-refractivity contribution >= 4 is 27.7 Å². The number of benzene rings is 1. The van der Waals surface area contributed by atoms with Crippen molar-refractivity contribution < 1.29 is 4.39 Å². The second kappa shape index (κ2) is 4.26. The lowest BCUT2D eigenvalue weighted by atomic mass is 10.1. The molecule has 0 radical (unpaired) electrons. The molecular formula is C9H9BrFN. The van der Waals surface area contributed by atoms with Crippen LogP contribution in [0.4, 0.5) is 10.1 Å².